The Morgan fingerprint density at radius 2 is 1.65 bits per heavy atom. The van der Waals surface area contributed by atoms with Crippen LogP contribution in [0, 0.1) is 5.82 Å². The van der Waals surface area contributed by atoms with Gasteiger partial charge in [0, 0.05) is 18.8 Å². The first-order chi connectivity index (χ1) is 12.0. The Morgan fingerprint density at radius 3 is 2.23 bits per heavy atom. The summed E-state index contributed by atoms with van der Waals surface area (Å²) >= 11 is 0. The van der Waals surface area contributed by atoms with Gasteiger partial charge in [0.1, 0.15) is 11.2 Å². The molecular formula is C15H9F7N4. The number of alkyl halides is 6. The second-order valence-electron chi connectivity index (χ2n) is 5.26. The number of fused-ring (bicyclic) bond motifs is 1. The maximum Gasteiger partial charge on any atom is 0.417 e. The van der Waals surface area contributed by atoms with Crippen LogP contribution in [0.3, 0.4) is 0 Å². The van der Waals surface area contributed by atoms with Crippen LogP contribution in [0.2, 0.25) is 0 Å². The van der Waals surface area contributed by atoms with Crippen LogP contribution in [-0.2, 0) is 12.4 Å². The molecule has 0 saturated carbocycles. The van der Waals surface area contributed by atoms with Crippen molar-refractivity contribution in [3.63, 3.8) is 0 Å². The Balaban J connectivity index is 2.34. The number of hydrogen-bond donors (Lipinski definition) is 1. The van der Waals surface area contributed by atoms with Crippen LogP contribution < -0.4 is 5.32 Å². The van der Waals surface area contributed by atoms with E-state index in [-0.39, 0.29) is 17.5 Å². The summed E-state index contributed by atoms with van der Waals surface area (Å²) in [6.45, 7) is 0. The highest BCUT2D eigenvalue weighted by molar-refractivity contribution is 5.80. The van der Waals surface area contributed by atoms with Gasteiger partial charge in [-0.15, -0.1) is 10.2 Å². The van der Waals surface area contributed by atoms with Crippen molar-refractivity contribution in [2.24, 2.45) is 0 Å². The fraction of sp³-hybridized carbons (Fsp3) is 0.200. The van der Waals surface area contributed by atoms with E-state index in [1.165, 1.54) is 13.2 Å². The van der Waals surface area contributed by atoms with Gasteiger partial charge in [-0.3, -0.25) is 4.40 Å². The van der Waals surface area contributed by atoms with Gasteiger partial charge in [-0.25, -0.2) is 4.39 Å². The molecule has 3 aromatic rings. The molecule has 0 bridgehead atoms. The summed E-state index contributed by atoms with van der Waals surface area (Å²) in [4.78, 5) is 0. The summed E-state index contributed by atoms with van der Waals surface area (Å²) in [7, 11) is 1.44. The fourth-order valence-electron chi connectivity index (χ4n) is 2.52. The molecule has 0 spiro atoms. The summed E-state index contributed by atoms with van der Waals surface area (Å²) < 4.78 is 93.7. The van der Waals surface area contributed by atoms with Gasteiger partial charge < -0.3 is 5.32 Å². The van der Waals surface area contributed by atoms with Crippen LogP contribution in [0.15, 0.2) is 30.5 Å². The maximum atomic E-state index is 14.1. The molecule has 11 heteroatoms. The second-order valence-corrected chi connectivity index (χ2v) is 5.26. The molecule has 0 aliphatic carbocycles. The average Bonchev–Trinajstić information content (AvgIpc) is 2.94. The normalized spacial score (nSPS) is 12.6. The Hall–Kier alpha value is -2.85. The summed E-state index contributed by atoms with van der Waals surface area (Å²) in [5.41, 5.74) is -4.62. The topological polar surface area (TPSA) is 42.2 Å². The van der Waals surface area contributed by atoms with Crippen LogP contribution in [0.25, 0.3) is 16.8 Å². The monoisotopic (exact) mass is 378 g/mol. The van der Waals surface area contributed by atoms with E-state index in [0.717, 1.165) is 10.5 Å². The van der Waals surface area contributed by atoms with Crippen LogP contribution in [0.1, 0.15) is 11.1 Å². The van der Waals surface area contributed by atoms with Crippen LogP contribution in [0.5, 0.6) is 0 Å². The maximum absolute atomic E-state index is 14.1. The smallest absolute Gasteiger partial charge is 0.357 e. The second kappa shape index (κ2) is 5.85. The zero-order valence-electron chi connectivity index (χ0n) is 12.9. The summed E-state index contributed by atoms with van der Waals surface area (Å²) in [6, 6.07) is 2.05. The Kier molecular flexibility index (Phi) is 4.04. The highest BCUT2D eigenvalue weighted by atomic mass is 19.4. The molecule has 0 amide bonds. The molecule has 4 nitrogen and oxygen atoms in total. The molecule has 0 aliphatic rings. The zero-order chi connectivity index (χ0) is 19.3. The molecule has 2 heterocycles. The lowest BCUT2D eigenvalue weighted by Gasteiger charge is -2.16. The molecule has 0 radical (unpaired) electrons. The van der Waals surface area contributed by atoms with E-state index < -0.39 is 40.6 Å². The van der Waals surface area contributed by atoms with Gasteiger partial charge in [0.15, 0.2) is 5.82 Å². The third-order valence-electron chi connectivity index (χ3n) is 3.67. The first kappa shape index (κ1) is 18.0. The number of nitrogens with zero attached hydrogens (tertiary/aromatic N) is 3. The van der Waals surface area contributed by atoms with E-state index in [2.05, 4.69) is 15.5 Å². The Labute approximate surface area is 141 Å². The van der Waals surface area contributed by atoms with E-state index in [1.807, 2.05) is 0 Å². The molecule has 0 fully saturated rings. The van der Waals surface area contributed by atoms with Crippen LogP contribution in [-0.4, -0.2) is 21.6 Å². The summed E-state index contributed by atoms with van der Waals surface area (Å²) in [5, 5.41) is 9.83. The van der Waals surface area contributed by atoms with Crippen molar-refractivity contribution >= 4 is 11.5 Å². The zero-order valence-corrected chi connectivity index (χ0v) is 12.9. The first-order valence-electron chi connectivity index (χ1n) is 7.04. The number of rotatable bonds is 2. The highest BCUT2D eigenvalue weighted by Gasteiger charge is 2.39. The van der Waals surface area contributed by atoms with Crippen molar-refractivity contribution in [2.45, 2.75) is 12.4 Å². The molecular weight excluding hydrogens is 369 g/mol. The molecule has 26 heavy (non-hydrogen) atoms. The van der Waals surface area contributed by atoms with Gasteiger partial charge in [-0.2, -0.15) is 26.3 Å². The van der Waals surface area contributed by atoms with Gasteiger partial charge >= 0.3 is 12.4 Å². The third-order valence-corrected chi connectivity index (χ3v) is 3.67. The minimum Gasteiger partial charge on any atom is -0.357 e. The summed E-state index contributed by atoms with van der Waals surface area (Å²) in [5.74, 6) is -0.840. The number of halogens is 7. The van der Waals surface area contributed by atoms with E-state index in [9.17, 15) is 30.7 Å². The molecule has 0 saturated heterocycles. The van der Waals surface area contributed by atoms with Crippen LogP contribution in [0.4, 0.5) is 36.7 Å². The van der Waals surface area contributed by atoms with Crippen molar-refractivity contribution in [3.05, 3.63) is 47.4 Å². The number of hydrogen-bond acceptors (Lipinski definition) is 3. The van der Waals surface area contributed by atoms with Gasteiger partial charge in [-0.1, -0.05) is 6.07 Å². The number of aromatic nitrogens is 3. The van der Waals surface area contributed by atoms with E-state index in [4.69, 9.17) is 0 Å². The lowest BCUT2D eigenvalue weighted by atomic mass is 10.00. The van der Waals surface area contributed by atoms with Crippen molar-refractivity contribution in [2.75, 3.05) is 12.4 Å². The SMILES string of the molecule is CNc1nnc(-c2ccc(C(F)(F)F)cc2C(F)(F)F)c2c(F)ccn12. The molecule has 1 aromatic carbocycles. The Morgan fingerprint density at radius 1 is 0.962 bits per heavy atom. The molecule has 3 rings (SSSR count). The quantitative estimate of drug-likeness (QED) is 0.662. The first-order valence-corrected chi connectivity index (χ1v) is 7.04. The fourth-order valence-corrected chi connectivity index (χ4v) is 2.52. The average molecular weight is 378 g/mol. The number of nitrogens with one attached hydrogen (secondary N) is 1. The molecule has 0 atom stereocenters. The van der Waals surface area contributed by atoms with Gasteiger partial charge in [0.25, 0.3) is 0 Å². The molecule has 1 N–H and O–H groups in total. The standard InChI is InChI=1S/C15H9F7N4/c1-23-13-25-24-11(12-10(16)4-5-26(12)13)8-3-2-7(14(17,18)19)6-9(8)15(20,21)22/h2-6H,1H3,(H,23,25). The van der Waals surface area contributed by atoms with E-state index >= 15 is 0 Å². The van der Waals surface area contributed by atoms with Gasteiger partial charge in [0.05, 0.1) is 11.1 Å². The molecule has 0 aliphatic heterocycles. The third kappa shape index (κ3) is 2.93. The minimum absolute atomic E-state index is 0.0274. The van der Waals surface area contributed by atoms with Crippen LogP contribution >= 0.6 is 0 Å². The number of anilines is 1. The molecule has 138 valence electrons. The molecule has 2 aromatic heterocycles. The van der Waals surface area contributed by atoms with E-state index in [1.54, 1.807) is 0 Å². The Bertz CT molecular complexity index is 973. The van der Waals surface area contributed by atoms with Crippen molar-refractivity contribution in [1.29, 1.82) is 0 Å². The highest BCUT2D eigenvalue weighted by Crippen LogP contribution is 2.41. The predicted molar refractivity (Wildman–Crippen MR) is 77.9 cm³/mol. The lowest BCUT2D eigenvalue weighted by molar-refractivity contribution is -0.142. The molecule has 0 unspecified atom stereocenters. The van der Waals surface area contributed by atoms with Gasteiger partial charge in [-0.05, 0) is 18.2 Å². The van der Waals surface area contributed by atoms with Crippen molar-refractivity contribution in [1.82, 2.24) is 14.6 Å². The van der Waals surface area contributed by atoms with Crippen molar-refractivity contribution < 1.29 is 30.7 Å². The largest absolute Gasteiger partial charge is 0.417 e. The lowest BCUT2D eigenvalue weighted by Crippen LogP contribution is -2.13. The van der Waals surface area contributed by atoms with Crippen molar-refractivity contribution in [3.8, 4) is 11.3 Å². The van der Waals surface area contributed by atoms with Gasteiger partial charge in [0.2, 0.25) is 5.95 Å². The summed E-state index contributed by atoms with van der Waals surface area (Å²) in [6.07, 6.45) is -8.86. The predicted octanol–water partition coefficient (Wildman–Crippen LogP) is 4.61. The number of benzene rings is 1. The minimum atomic E-state index is -5.11. The van der Waals surface area contributed by atoms with E-state index in [0.29, 0.717) is 12.1 Å².